The standard InChI is InChI=1S/C22H29FO2S/c1-16(2)8-5-9-17(3)10-6-11-18(4)14-15-19-12-7-13-20(22(24)25)21(19)26-23/h7-8,10,12-14H,5-6,9,11,15H2,1-4H3,(H,24,25). The van der Waals surface area contributed by atoms with Crippen LogP contribution >= 0.6 is 12.1 Å². The number of halogens is 1. The summed E-state index contributed by atoms with van der Waals surface area (Å²) in [7, 11) is 0. The molecule has 0 saturated heterocycles. The van der Waals surface area contributed by atoms with Crippen LogP contribution in [0.3, 0.4) is 0 Å². The summed E-state index contributed by atoms with van der Waals surface area (Å²) in [6, 6.07) is 4.89. The molecular formula is C22H29FO2S. The average Bonchev–Trinajstić information content (AvgIpc) is 2.59. The van der Waals surface area contributed by atoms with Gasteiger partial charge in [0.25, 0.3) is 0 Å². The van der Waals surface area contributed by atoms with Crippen LogP contribution in [0, 0.1) is 0 Å². The highest BCUT2D eigenvalue weighted by atomic mass is 32.2. The second-order valence-electron chi connectivity index (χ2n) is 6.84. The molecule has 0 fully saturated rings. The van der Waals surface area contributed by atoms with Crippen molar-refractivity contribution in [2.24, 2.45) is 0 Å². The molecule has 0 radical (unpaired) electrons. The average molecular weight is 377 g/mol. The van der Waals surface area contributed by atoms with Crippen LogP contribution < -0.4 is 0 Å². The monoisotopic (exact) mass is 376 g/mol. The quantitative estimate of drug-likeness (QED) is 0.435. The highest BCUT2D eigenvalue weighted by Gasteiger charge is 2.14. The molecule has 0 aromatic heterocycles. The van der Waals surface area contributed by atoms with E-state index in [2.05, 4.69) is 45.9 Å². The summed E-state index contributed by atoms with van der Waals surface area (Å²) < 4.78 is 13.2. The first-order valence-electron chi connectivity index (χ1n) is 8.93. The lowest BCUT2D eigenvalue weighted by Gasteiger charge is -2.07. The third-order valence-corrected chi connectivity index (χ3v) is 4.83. The van der Waals surface area contributed by atoms with Gasteiger partial charge in [-0.2, -0.15) is 3.89 Å². The summed E-state index contributed by atoms with van der Waals surface area (Å²) in [6.45, 7) is 8.47. The molecule has 0 aliphatic rings. The molecule has 26 heavy (non-hydrogen) atoms. The molecule has 0 heterocycles. The van der Waals surface area contributed by atoms with Crippen molar-refractivity contribution in [3.63, 3.8) is 0 Å². The number of aromatic carboxylic acids is 1. The van der Waals surface area contributed by atoms with E-state index in [1.807, 2.05) is 0 Å². The van der Waals surface area contributed by atoms with Crippen LogP contribution in [0.5, 0.6) is 0 Å². The summed E-state index contributed by atoms with van der Waals surface area (Å²) in [5.41, 5.74) is 4.73. The zero-order chi connectivity index (χ0) is 19.5. The summed E-state index contributed by atoms with van der Waals surface area (Å²) in [5, 5.41) is 9.15. The Labute approximate surface area is 161 Å². The van der Waals surface area contributed by atoms with Crippen molar-refractivity contribution in [2.75, 3.05) is 0 Å². The Kier molecular flexibility index (Phi) is 10.0. The van der Waals surface area contributed by atoms with E-state index in [4.69, 9.17) is 5.11 Å². The van der Waals surface area contributed by atoms with Crippen molar-refractivity contribution in [1.82, 2.24) is 0 Å². The number of benzene rings is 1. The van der Waals surface area contributed by atoms with Gasteiger partial charge < -0.3 is 5.11 Å². The van der Waals surface area contributed by atoms with Gasteiger partial charge in [-0.05, 0) is 71.4 Å². The predicted octanol–water partition coefficient (Wildman–Crippen LogP) is 7.32. The van der Waals surface area contributed by atoms with Crippen molar-refractivity contribution < 1.29 is 13.8 Å². The molecule has 0 atom stereocenters. The minimum absolute atomic E-state index is 0.00904. The maximum Gasteiger partial charge on any atom is 0.336 e. The van der Waals surface area contributed by atoms with E-state index < -0.39 is 5.97 Å². The van der Waals surface area contributed by atoms with Crippen molar-refractivity contribution in [3.8, 4) is 0 Å². The Bertz CT molecular complexity index is 698. The van der Waals surface area contributed by atoms with Gasteiger partial charge in [0.2, 0.25) is 0 Å². The molecule has 1 aromatic rings. The first kappa shape index (κ1) is 22.2. The molecule has 0 saturated carbocycles. The largest absolute Gasteiger partial charge is 0.478 e. The third-order valence-electron chi connectivity index (χ3n) is 4.20. The van der Waals surface area contributed by atoms with Crippen molar-refractivity contribution in [1.29, 1.82) is 0 Å². The normalized spacial score (nSPS) is 12.2. The van der Waals surface area contributed by atoms with Gasteiger partial charge in [-0.3, -0.25) is 0 Å². The van der Waals surface area contributed by atoms with Gasteiger partial charge >= 0.3 is 5.97 Å². The second-order valence-corrected chi connectivity index (χ2v) is 7.40. The molecule has 1 N–H and O–H groups in total. The number of rotatable bonds is 10. The first-order valence-corrected chi connectivity index (χ1v) is 9.65. The summed E-state index contributed by atoms with van der Waals surface area (Å²) >= 11 is 0.00904. The van der Waals surface area contributed by atoms with Gasteiger partial charge in [-0.1, -0.05) is 47.1 Å². The Morgan fingerprint density at radius 3 is 2.23 bits per heavy atom. The van der Waals surface area contributed by atoms with Gasteiger partial charge in [-0.25, -0.2) is 4.79 Å². The van der Waals surface area contributed by atoms with E-state index in [0.29, 0.717) is 12.0 Å². The maximum absolute atomic E-state index is 13.2. The Hall–Kier alpha value is -1.81. The lowest BCUT2D eigenvalue weighted by molar-refractivity contribution is 0.0693. The topological polar surface area (TPSA) is 37.3 Å². The molecule has 1 aromatic carbocycles. The number of hydrogen-bond donors (Lipinski definition) is 1. The molecule has 0 aliphatic heterocycles. The van der Waals surface area contributed by atoms with Gasteiger partial charge in [0.15, 0.2) is 0 Å². The number of carbonyl (C=O) groups is 1. The number of hydrogen-bond acceptors (Lipinski definition) is 2. The second kappa shape index (κ2) is 11.7. The number of carboxylic acids is 1. The van der Waals surface area contributed by atoms with Crippen LogP contribution in [0.4, 0.5) is 3.89 Å². The molecule has 2 nitrogen and oxygen atoms in total. The zero-order valence-electron chi connectivity index (χ0n) is 16.1. The number of allylic oxidation sites excluding steroid dienone is 6. The molecule has 142 valence electrons. The van der Waals surface area contributed by atoms with Crippen LogP contribution in [0.25, 0.3) is 0 Å². The van der Waals surface area contributed by atoms with E-state index in [1.54, 1.807) is 12.1 Å². The fourth-order valence-electron chi connectivity index (χ4n) is 2.63. The van der Waals surface area contributed by atoms with Crippen LogP contribution in [-0.2, 0) is 6.42 Å². The van der Waals surface area contributed by atoms with Crippen molar-refractivity contribution >= 4 is 18.1 Å². The summed E-state index contributed by atoms with van der Waals surface area (Å²) in [4.78, 5) is 11.4. The fourth-order valence-corrected chi connectivity index (χ4v) is 3.12. The van der Waals surface area contributed by atoms with Crippen molar-refractivity contribution in [3.05, 3.63) is 64.3 Å². The van der Waals surface area contributed by atoms with Crippen molar-refractivity contribution in [2.45, 2.75) is 64.7 Å². The molecule has 0 spiro atoms. The summed E-state index contributed by atoms with van der Waals surface area (Å²) in [6.07, 6.45) is 11.3. The molecule has 0 amide bonds. The van der Waals surface area contributed by atoms with Gasteiger partial charge in [-0.15, -0.1) is 0 Å². The smallest absolute Gasteiger partial charge is 0.336 e. The molecule has 0 unspecified atom stereocenters. The Balaban J connectivity index is 2.60. The van der Waals surface area contributed by atoms with Crippen LogP contribution in [-0.4, -0.2) is 11.1 Å². The van der Waals surface area contributed by atoms with Crippen LogP contribution in [0.15, 0.2) is 58.0 Å². The lowest BCUT2D eigenvalue weighted by Crippen LogP contribution is -2.01. The molecule has 0 bridgehead atoms. The Morgan fingerprint density at radius 1 is 1.04 bits per heavy atom. The van der Waals surface area contributed by atoms with Gasteiger partial charge in [0.05, 0.1) is 22.6 Å². The SMILES string of the molecule is CC(C)=CCCC(C)=CCCC(C)=CCc1cccc(C(=O)O)c1SF. The van der Waals surface area contributed by atoms with Crippen LogP contribution in [0.2, 0.25) is 0 Å². The van der Waals surface area contributed by atoms with Gasteiger partial charge in [0.1, 0.15) is 0 Å². The third kappa shape index (κ3) is 8.05. The lowest BCUT2D eigenvalue weighted by atomic mass is 10.0. The highest BCUT2D eigenvalue weighted by Crippen LogP contribution is 2.29. The van der Waals surface area contributed by atoms with E-state index >= 15 is 0 Å². The fraction of sp³-hybridized carbons (Fsp3) is 0.409. The van der Waals surface area contributed by atoms with E-state index in [9.17, 15) is 8.68 Å². The minimum atomic E-state index is -1.10. The van der Waals surface area contributed by atoms with E-state index in [1.165, 1.54) is 22.8 Å². The van der Waals surface area contributed by atoms with Gasteiger partial charge in [0, 0.05) is 0 Å². The van der Waals surface area contributed by atoms with E-state index in [-0.39, 0.29) is 22.6 Å². The summed E-state index contributed by atoms with van der Waals surface area (Å²) in [5.74, 6) is -1.10. The molecular weight excluding hydrogens is 347 g/mol. The molecule has 4 heteroatoms. The zero-order valence-corrected chi connectivity index (χ0v) is 17.0. The van der Waals surface area contributed by atoms with Crippen LogP contribution in [0.1, 0.15) is 69.3 Å². The Morgan fingerprint density at radius 2 is 1.65 bits per heavy atom. The van der Waals surface area contributed by atoms with E-state index in [0.717, 1.165) is 25.7 Å². The predicted molar refractivity (Wildman–Crippen MR) is 109 cm³/mol. The maximum atomic E-state index is 13.2. The highest BCUT2D eigenvalue weighted by molar-refractivity contribution is 7.94. The number of carboxylic acid groups (broad SMARTS) is 1. The molecule has 0 aliphatic carbocycles. The first-order chi connectivity index (χ1) is 12.3. The molecule has 1 rings (SSSR count). The minimum Gasteiger partial charge on any atom is -0.478 e.